The van der Waals surface area contributed by atoms with Crippen LogP contribution in [0.5, 0.6) is 5.75 Å². The van der Waals surface area contributed by atoms with Gasteiger partial charge in [0.2, 0.25) is 0 Å². The minimum Gasteiger partial charge on any atom is -0.497 e. The van der Waals surface area contributed by atoms with Crippen molar-refractivity contribution in [2.75, 3.05) is 19.0 Å². The third kappa shape index (κ3) is 4.84. The molecule has 136 valence electrons. The zero-order valence-electron chi connectivity index (χ0n) is 14.9. The summed E-state index contributed by atoms with van der Waals surface area (Å²) in [6.07, 6.45) is 6.51. The lowest BCUT2D eigenvalue weighted by Gasteiger charge is -2.09. The maximum absolute atomic E-state index is 5.77. The van der Waals surface area contributed by atoms with Crippen LogP contribution >= 0.6 is 11.6 Å². The zero-order chi connectivity index (χ0) is 18.4. The van der Waals surface area contributed by atoms with Crippen LogP contribution in [0.4, 0.5) is 11.5 Å². The highest BCUT2D eigenvalue weighted by Crippen LogP contribution is 2.27. The first kappa shape index (κ1) is 18.4. The van der Waals surface area contributed by atoms with Crippen LogP contribution in [0.3, 0.4) is 0 Å². The average molecular weight is 372 g/mol. The van der Waals surface area contributed by atoms with Gasteiger partial charge in [0.15, 0.2) is 0 Å². The number of hydrogen-bond acceptors (Lipinski definition) is 5. The largest absolute Gasteiger partial charge is 0.497 e. The molecule has 26 heavy (non-hydrogen) atoms. The van der Waals surface area contributed by atoms with Crippen molar-refractivity contribution in [3.63, 3.8) is 0 Å². The molecular weight excluding hydrogens is 350 g/mol. The number of hydrogen-bond donors (Lipinski definition) is 1. The van der Waals surface area contributed by atoms with Gasteiger partial charge in [-0.25, -0.2) is 9.97 Å². The molecule has 1 saturated heterocycles. The highest BCUT2D eigenvalue weighted by Gasteiger charge is 2.07. The summed E-state index contributed by atoms with van der Waals surface area (Å²) in [6, 6.07) is 11.4. The van der Waals surface area contributed by atoms with E-state index in [1.165, 1.54) is 12.8 Å². The number of pyridine rings is 2. The van der Waals surface area contributed by atoms with Gasteiger partial charge in [-0.3, -0.25) is 0 Å². The SMILES string of the molecule is CC1CCCO1.COc1ccc2c(Nc3ccc(Cl)nc3)nccc2c1. The highest BCUT2D eigenvalue weighted by atomic mass is 35.5. The fraction of sp³-hybridized carbons (Fsp3) is 0.300. The Morgan fingerprint density at radius 3 is 2.69 bits per heavy atom. The number of benzene rings is 1. The van der Waals surface area contributed by atoms with Gasteiger partial charge in [-0.05, 0) is 61.5 Å². The lowest BCUT2D eigenvalue weighted by atomic mass is 10.1. The molecule has 3 aromatic rings. The van der Waals surface area contributed by atoms with Crippen molar-refractivity contribution in [3.8, 4) is 5.75 Å². The Labute approximate surface area is 158 Å². The van der Waals surface area contributed by atoms with Crippen molar-refractivity contribution in [2.45, 2.75) is 25.9 Å². The number of nitrogens with one attached hydrogen (secondary N) is 1. The number of methoxy groups -OCH3 is 1. The molecule has 1 unspecified atom stereocenters. The average Bonchev–Trinajstić information content (AvgIpc) is 3.15. The third-order valence-corrected chi connectivity index (χ3v) is 4.34. The molecule has 2 aromatic heterocycles. The molecule has 0 spiro atoms. The molecule has 1 aromatic carbocycles. The number of anilines is 2. The van der Waals surface area contributed by atoms with E-state index in [4.69, 9.17) is 21.1 Å². The molecule has 0 radical (unpaired) electrons. The van der Waals surface area contributed by atoms with Crippen LogP contribution in [-0.4, -0.2) is 29.8 Å². The monoisotopic (exact) mass is 371 g/mol. The molecule has 1 N–H and O–H groups in total. The van der Waals surface area contributed by atoms with E-state index in [1.807, 2.05) is 30.3 Å². The van der Waals surface area contributed by atoms with Gasteiger partial charge in [-0.15, -0.1) is 0 Å². The first-order valence-electron chi connectivity index (χ1n) is 8.58. The molecule has 0 bridgehead atoms. The van der Waals surface area contributed by atoms with Crippen molar-refractivity contribution in [1.29, 1.82) is 0 Å². The molecule has 1 aliphatic heterocycles. The van der Waals surface area contributed by atoms with E-state index in [0.29, 0.717) is 11.3 Å². The molecule has 0 aliphatic carbocycles. The van der Waals surface area contributed by atoms with E-state index in [-0.39, 0.29) is 0 Å². The molecular formula is C20H22ClN3O2. The molecule has 6 heteroatoms. The number of halogens is 1. The second kappa shape index (κ2) is 8.83. The first-order valence-corrected chi connectivity index (χ1v) is 8.96. The topological polar surface area (TPSA) is 56.3 Å². The number of ether oxygens (including phenoxy) is 2. The van der Waals surface area contributed by atoms with E-state index in [9.17, 15) is 0 Å². The van der Waals surface area contributed by atoms with Crippen LogP contribution in [0.25, 0.3) is 10.8 Å². The van der Waals surface area contributed by atoms with Crippen LogP contribution in [0.1, 0.15) is 19.8 Å². The molecule has 0 saturated carbocycles. The van der Waals surface area contributed by atoms with Crippen LogP contribution < -0.4 is 10.1 Å². The number of nitrogens with zero attached hydrogens (tertiary/aromatic N) is 2. The first-order chi connectivity index (χ1) is 12.7. The second-order valence-corrected chi connectivity index (χ2v) is 6.45. The lowest BCUT2D eigenvalue weighted by molar-refractivity contribution is 0.125. The summed E-state index contributed by atoms with van der Waals surface area (Å²) < 4.78 is 10.4. The summed E-state index contributed by atoms with van der Waals surface area (Å²) in [5.74, 6) is 1.59. The Balaban J connectivity index is 0.000000278. The van der Waals surface area contributed by atoms with Gasteiger partial charge in [-0.1, -0.05) is 11.6 Å². The van der Waals surface area contributed by atoms with Crippen LogP contribution in [0.2, 0.25) is 5.15 Å². The van der Waals surface area contributed by atoms with E-state index >= 15 is 0 Å². The highest BCUT2D eigenvalue weighted by molar-refractivity contribution is 6.29. The van der Waals surface area contributed by atoms with Gasteiger partial charge in [0.25, 0.3) is 0 Å². The smallest absolute Gasteiger partial charge is 0.138 e. The minimum atomic E-state index is 0.464. The van der Waals surface area contributed by atoms with Crippen molar-refractivity contribution < 1.29 is 9.47 Å². The number of aromatic nitrogens is 2. The molecule has 0 amide bonds. The van der Waals surface area contributed by atoms with Crippen LogP contribution in [0.15, 0.2) is 48.8 Å². The molecule has 1 fully saturated rings. The maximum atomic E-state index is 5.77. The molecule has 1 atom stereocenters. The van der Waals surface area contributed by atoms with Gasteiger partial charge >= 0.3 is 0 Å². The van der Waals surface area contributed by atoms with E-state index in [0.717, 1.165) is 34.6 Å². The third-order valence-electron chi connectivity index (χ3n) is 4.12. The summed E-state index contributed by atoms with van der Waals surface area (Å²) in [7, 11) is 1.65. The zero-order valence-corrected chi connectivity index (χ0v) is 15.7. The van der Waals surface area contributed by atoms with Crippen LogP contribution in [-0.2, 0) is 4.74 Å². The Morgan fingerprint density at radius 2 is 2.08 bits per heavy atom. The van der Waals surface area contributed by atoms with Gasteiger partial charge < -0.3 is 14.8 Å². The fourth-order valence-electron chi connectivity index (χ4n) is 2.71. The summed E-state index contributed by atoms with van der Waals surface area (Å²) >= 11 is 5.77. The quantitative estimate of drug-likeness (QED) is 0.639. The molecule has 1 aliphatic rings. The second-order valence-electron chi connectivity index (χ2n) is 6.06. The lowest BCUT2D eigenvalue weighted by Crippen LogP contribution is -1.95. The normalized spacial score (nSPS) is 16.0. The Kier molecular flexibility index (Phi) is 6.26. The summed E-state index contributed by atoms with van der Waals surface area (Å²) in [5, 5.41) is 5.78. The van der Waals surface area contributed by atoms with Crippen molar-refractivity contribution in [3.05, 3.63) is 53.9 Å². The summed E-state index contributed by atoms with van der Waals surface area (Å²) in [6.45, 7) is 3.11. The fourth-order valence-corrected chi connectivity index (χ4v) is 2.82. The van der Waals surface area contributed by atoms with Gasteiger partial charge in [0.05, 0.1) is 25.1 Å². The Hall–Kier alpha value is -2.37. The number of fused-ring (bicyclic) bond motifs is 1. The van der Waals surface area contributed by atoms with Gasteiger partial charge in [0.1, 0.15) is 16.7 Å². The van der Waals surface area contributed by atoms with Gasteiger partial charge in [0, 0.05) is 18.2 Å². The Morgan fingerprint density at radius 1 is 1.19 bits per heavy atom. The summed E-state index contributed by atoms with van der Waals surface area (Å²) in [5.41, 5.74) is 0.838. The Bertz CT molecular complexity index is 849. The van der Waals surface area contributed by atoms with Crippen molar-refractivity contribution in [1.82, 2.24) is 9.97 Å². The molecule has 5 nitrogen and oxygen atoms in total. The van der Waals surface area contributed by atoms with Crippen molar-refractivity contribution >= 4 is 33.9 Å². The predicted octanol–water partition coefficient (Wildman–Crippen LogP) is 5.22. The van der Waals surface area contributed by atoms with Crippen LogP contribution in [0, 0.1) is 0 Å². The molecule has 4 rings (SSSR count). The number of rotatable bonds is 3. The predicted molar refractivity (Wildman–Crippen MR) is 105 cm³/mol. The molecule has 3 heterocycles. The van der Waals surface area contributed by atoms with E-state index < -0.39 is 0 Å². The minimum absolute atomic E-state index is 0.464. The maximum Gasteiger partial charge on any atom is 0.138 e. The van der Waals surface area contributed by atoms with E-state index in [1.54, 1.807) is 25.6 Å². The van der Waals surface area contributed by atoms with E-state index in [2.05, 4.69) is 22.2 Å². The van der Waals surface area contributed by atoms with Crippen molar-refractivity contribution in [2.24, 2.45) is 0 Å². The standard InChI is InChI=1S/C15H12ClN3O.C5H10O/c1-20-12-3-4-13-10(8-12)6-7-17-15(13)19-11-2-5-14(16)18-9-11;1-5-3-2-4-6-5/h2-9H,1H3,(H,17,19);5H,2-4H2,1H3. The van der Waals surface area contributed by atoms with Gasteiger partial charge in [-0.2, -0.15) is 0 Å². The summed E-state index contributed by atoms with van der Waals surface area (Å²) in [4.78, 5) is 8.41.